The lowest BCUT2D eigenvalue weighted by Crippen LogP contribution is -2.02. The maximum absolute atomic E-state index is 10.2. The molecule has 1 heteroatoms. The number of carbonyl (C=O) groups is 1. The highest BCUT2D eigenvalue weighted by atomic mass is 16.1. The molecule has 0 spiro atoms. The fraction of sp³-hybridized carbons (Fsp3) is 0. The van der Waals surface area contributed by atoms with Crippen molar-refractivity contribution >= 4 is 5.78 Å². The molecular weight excluding hydrogens is 76.1 g/mol. The molecule has 0 saturated heterocycles. The van der Waals surface area contributed by atoms with Crippen LogP contribution in [0.3, 0.4) is 0 Å². The standard InChI is InChI=1S/C5H4O/c1-4-2-3-5(4)6/h2-3H,1H2/i3D. The van der Waals surface area contributed by atoms with E-state index >= 15 is 0 Å². The zero-order valence-electron chi connectivity index (χ0n) is 4.19. The Kier molecular flexibility index (Phi) is 0.315. The van der Waals surface area contributed by atoms with Gasteiger partial charge in [0.1, 0.15) is 0 Å². The van der Waals surface area contributed by atoms with Gasteiger partial charge in [0.15, 0.2) is 5.78 Å². The SMILES string of the molecule is [2H]C1=CC(=C)C1=O. The summed E-state index contributed by atoms with van der Waals surface area (Å²) in [6.07, 6.45) is 1.45. The molecule has 0 unspecified atom stereocenters. The molecule has 6 heavy (non-hydrogen) atoms. The highest BCUT2D eigenvalue weighted by Gasteiger charge is 2.05. The van der Waals surface area contributed by atoms with E-state index in [0.717, 1.165) is 0 Å². The van der Waals surface area contributed by atoms with Gasteiger partial charge in [0.05, 0.1) is 1.37 Å². The van der Waals surface area contributed by atoms with Gasteiger partial charge in [-0.05, 0) is 12.1 Å². The van der Waals surface area contributed by atoms with E-state index in [1.54, 1.807) is 0 Å². The lowest BCUT2D eigenvalue weighted by molar-refractivity contribution is -0.111. The van der Waals surface area contributed by atoms with Crippen molar-refractivity contribution in [3.8, 4) is 0 Å². The van der Waals surface area contributed by atoms with Crippen molar-refractivity contribution in [3.63, 3.8) is 0 Å². The largest absolute Gasteiger partial charge is 0.289 e. The van der Waals surface area contributed by atoms with Crippen LogP contribution in [0, 0.1) is 0 Å². The normalized spacial score (nSPS) is 22.0. The van der Waals surface area contributed by atoms with E-state index in [1.807, 2.05) is 0 Å². The summed E-state index contributed by atoms with van der Waals surface area (Å²) < 4.78 is 6.70. The first-order valence-corrected chi connectivity index (χ1v) is 1.64. The highest BCUT2D eigenvalue weighted by molar-refractivity contribution is 6.12. The first-order valence-electron chi connectivity index (χ1n) is 2.14. The zero-order chi connectivity index (χ0) is 5.44. The van der Waals surface area contributed by atoms with E-state index < -0.39 is 0 Å². The van der Waals surface area contributed by atoms with Gasteiger partial charge in [-0.3, -0.25) is 4.79 Å². The summed E-state index contributed by atoms with van der Waals surface area (Å²) in [5.41, 5.74) is 0.449. The second kappa shape index (κ2) is 0.805. The molecule has 1 rings (SSSR count). The number of carbonyl (C=O) groups excluding carboxylic acids is 1. The molecule has 0 aliphatic heterocycles. The fourth-order valence-electron chi connectivity index (χ4n) is 0.233. The van der Waals surface area contributed by atoms with Crippen LogP contribution >= 0.6 is 0 Å². The van der Waals surface area contributed by atoms with Gasteiger partial charge in [-0.1, -0.05) is 6.58 Å². The lowest BCUT2D eigenvalue weighted by atomic mass is 10.0. The summed E-state index contributed by atoms with van der Waals surface area (Å²) in [5.74, 6) is -0.222. The summed E-state index contributed by atoms with van der Waals surface area (Å²) in [4.78, 5) is 10.2. The van der Waals surface area contributed by atoms with Gasteiger partial charge in [0.25, 0.3) is 0 Å². The number of hydrogen-bond donors (Lipinski definition) is 0. The van der Waals surface area contributed by atoms with Gasteiger partial charge < -0.3 is 0 Å². The lowest BCUT2D eigenvalue weighted by Gasteiger charge is -1.98. The molecule has 0 bridgehead atoms. The first-order chi connectivity index (χ1) is 3.22. The molecule has 0 heterocycles. The molecule has 0 aromatic rings. The van der Waals surface area contributed by atoms with Gasteiger partial charge in [0.2, 0.25) is 0 Å². The number of hydrogen-bond acceptors (Lipinski definition) is 1. The van der Waals surface area contributed by atoms with Crippen molar-refractivity contribution in [2.45, 2.75) is 0 Å². The van der Waals surface area contributed by atoms with Crippen LogP contribution in [0.1, 0.15) is 1.37 Å². The molecular formula is C5H4O. The molecule has 0 amide bonds. The fourth-order valence-corrected chi connectivity index (χ4v) is 0.233. The maximum Gasteiger partial charge on any atom is 0.185 e. The Morgan fingerprint density at radius 1 is 2.00 bits per heavy atom. The molecule has 1 aliphatic carbocycles. The smallest absolute Gasteiger partial charge is 0.185 e. The quantitative estimate of drug-likeness (QED) is 0.392. The molecule has 30 valence electrons. The van der Waals surface area contributed by atoms with Crippen molar-refractivity contribution in [3.05, 3.63) is 24.3 Å². The van der Waals surface area contributed by atoms with Gasteiger partial charge in [-0.2, -0.15) is 0 Å². The van der Waals surface area contributed by atoms with Crippen LogP contribution in [0.5, 0.6) is 0 Å². The minimum atomic E-state index is -0.222. The number of allylic oxidation sites excluding steroid dienone is 3. The van der Waals surface area contributed by atoms with Crippen LogP contribution in [0.2, 0.25) is 0 Å². The Morgan fingerprint density at radius 2 is 2.67 bits per heavy atom. The summed E-state index contributed by atoms with van der Waals surface area (Å²) in [7, 11) is 0. The van der Waals surface area contributed by atoms with Gasteiger partial charge in [-0.15, -0.1) is 0 Å². The molecule has 0 aromatic heterocycles. The Hall–Kier alpha value is -0.850. The summed E-state index contributed by atoms with van der Waals surface area (Å²) in [5, 5.41) is 0. The Labute approximate surface area is 37.4 Å². The van der Waals surface area contributed by atoms with E-state index in [0.29, 0.717) is 5.57 Å². The van der Waals surface area contributed by atoms with Crippen molar-refractivity contribution in [1.29, 1.82) is 0 Å². The first kappa shape index (κ1) is 2.35. The molecule has 0 N–H and O–H groups in total. The van der Waals surface area contributed by atoms with Crippen LogP contribution in [-0.4, -0.2) is 5.78 Å². The molecule has 0 fully saturated rings. The van der Waals surface area contributed by atoms with Crippen molar-refractivity contribution in [1.82, 2.24) is 0 Å². The highest BCUT2D eigenvalue weighted by Crippen LogP contribution is 2.05. The van der Waals surface area contributed by atoms with Gasteiger partial charge in [0, 0.05) is 5.57 Å². The Bertz CT molecular complexity index is 167. The second-order valence-corrected chi connectivity index (χ2v) is 1.14. The Balaban J connectivity index is 2.96. The molecule has 0 saturated carbocycles. The van der Waals surface area contributed by atoms with Crippen LogP contribution in [0.4, 0.5) is 0 Å². The minimum absolute atomic E-state index is 0.0741. The second-order valence-electron chi connectivity index (χ2n) is 1.14. The molecule has 0 aromatic carbocycles. The molecule has 0 radical (unpaired) electrons. The molecule has 0 atom stereocenters. The van der Waals surface area contributed by atoms with Gasteiger partial charge >= 0.3 is 0 Å². The monoisotopic (exact) mass is 81.0 g/mol. The van der Waals surface area contributed by atoms with Crippen LogP contribution < -0.4 is 0 Å². The van der Waals surface area contributed by atoms with Crippen molar-refractivity contribution in [2.75, 3.05) is 0 Å². The third-order valence-electron chi connectivity index (χ3n) is 0.669. The van der Waals surface area contributed by atoms with Crippen molar-refractivity contribution < 1.29 is 6.17 Å². The predicted octanol–water partition coefficient (Wildman–Crippen LogP) is 0.681. The summed E-state index contributed by atoms with van der Waals surface area (Å²) in [6, 6.07) is 0.0741. The number of ketones is 1. The minimum Gasteiger partial charge on any atom is -0.289 e. The third kappa shape index (κ3) is 0.219. The van der Waals surface area contributed by atoms with E-state index in [1.165, 1.54) is 6.08 Å². The van der Waals surface area contributed by atoms with Crippen LogP contribution in [0.15, 0.2) is 24.3 Å². The number of rotatable bonds is 0. The van der Waals surface area contributed by atoms with E-state index in [9.17, 15) is 4.79 Å². The van der Waals surface area contributed by atoms with Crippen LogP contribution in [0.25, 0.3) is 0 Å². The average molecular weight is 81.1 g/mol. The topological polar surface area (TPSA) is 17.1 Å². The summed E-state index contributed by atoms with van der Waals surface area (Å²) in [6.45, 7) is 3.35. The Morgan fingerprint density at radius 3 is 2.67 bits per heavy atom. The van der Waals surface area contributed by atoms with Crippen LogP contribution in [-0.2, 0) is 4.79 Å². The summed E-state index contributed by atoms with van der Waals surface area (Å²) >= 11 is 0. The maximum atomic E-state index is 10.2. The third-order valence-corrected chi connectivity index (χ3v) is 0.669. The van der Waals surface area contributed by atoms with E-state index in [-0.39, 0.29) is 11.8 Å². The van der Waals surface area contributed by atoms with E-state index in [4.69, 9.17) is 1.37 Å². The molecule has 1 nitrogen and oxygen atoms in total. The zero-order valence-corrected chi connectivity index (χ0v) is 3.19. The van der Waals surface area contributed by atoms with Gasteiger partial charge in [-0.25, -0.2) is 0 Å². The van der Waals surface area contributed by atoms with E-state index in [2.05, 4.69) is 6.58 Å². The van der Waals surface area contributed by atoms with Crippen molar-refractivity contribution in [2.24, 2.45) is 0 Å². The molecule has 1 aliphatic rings. The average Bonchev–Trinajstić information content (AvgIpc) is 1.68. The predicted molar refractivity (Wildman–Crippen MR) is 23.3 cm³/mol.